The molecule has 0 aliphatic rings. The van der Waals surface area contributed by atoms with Crippen molar-refractivity contribution in [2.24, 2.45) is 0 Å². The van der Waals surface area contributed by atoms with Crippen molar-refractivity contribution in [1.29, 1.82) is 0 Å². The predicted molar refractivity (Wildman–Crippen MR) is 58.0 cm³/mol. The lowest BCUT2D eigenvalue weighted by Crippen LogP contribution is -2.20. The molecular weight excluding hydrogens is 285 g/mol. The smallest absolute Gasteiger partial charge is 0.469 e. The third kappa shape index (κ3) is 3.80. The highest BCUT2D eigenvalue weighted by molar-refractivity contribution is 5.75. The number of esters is 1. The van der Waals surface area contributed by atoms with Gasteiger partial charge >= 0.3 is 23.9 Å². The van der Waals surface area contributed by atoms with Crippen LogP contribution in [0.4, 0.5) is 18.9 Å². The van der Waals surface area contributed by atoms with Crippen LogP contribution in [-0.4, -0.2) is 29.3 Å². The lowest BCUT2D eigenvalue weighted by atomic mass is 10.1. The Morgan fingerprint density at radius 1 is 1.50 bits per heavy atom. The number of hydrogen-bond acceptors (Lipinski definition) is 6. The Morgan fingerprint density at radius 2 is 2.10 bits per heavy atom. The van der Waals surface area contributed by atoms with Crippen molar-refractivity contribution in [3.8, 4) is 5.88 Å². The molecule has 1 aromatic rings. The van der Waals surface area contributed by atoms with Gasteiger partial charge in [-0.05, 0) is 12.5 Å². The number of alkyl halides is 3. The Balaban J connectivity index is 3.37. The van der Waals surface area contributed by atoms with Gasteiger partial charge in [-0.25, -0.2) is 4.98 Å². The first-order chi connectivity index (χ1) is 9.15. The molecule has 0 spiro atoms. The fourth-order valence-electron chi connectivity index (χ4n) is 1.42. The van der Waals surface area contributed by atoms with Gasteiger partial charge in [-0.3, -0.25) is 14.9 Å². The maximum absolute atomic E-state index is 12.2. The van der Waals surface area contributed by atoms with Crippen LogP contribution in [0, 0.1) is 17.0 Å². The topological polar surface area (TPSA) is 91.6 Å². The molecule has 0 fully saturated rings. The van der Waals surface area contributed by atoms with Crippen LogP contribution in [0.1, 0.15) is 11.1 Å². The van der Waals surface area contributed by atoms with E-state index >= 15 is 0 Å². The monoisotopic (exact) mass is 294 g/mol. The summed E-state index contributed by atoms with van der Waals surface area (Å²) < 4.78 is 44.3. The average molecular weight is 294 g/mol. The molecule has 0 amide bonds. The third-order valence-electron chi connectivity index (χ3n) is 2.28. The van der Waals surface area contributed by atoms with Crippen molar-refractivity contribution in [3.05, 3.63) is 27.4 Å². The van der Waals surface area contributed by atoms with Gasteiger partial charge in [0, 0.05) is 6.20 Å². The van der Waals surface area contributed by atoms with Crippen molar-refractivity contribution in [2.75, 3.05) is 7.11 Å². The molecule has 0 unspecified atom stereocenters. The number of nitrogens with zero attached hydrogens (tertiary/aromatic N) is 2. The lowest BCUT2D eigenvalue weighted by molar-refractivity contribution is -0.389. The molecule has 0 aromatic carbocycles. The number of nitro groups is 1. The zero-order valence-electron chi connectivity index (χ0n) is 10.4. The molecule has 20 heavy (non-hydrogen) atoms. The molecular formula is C10H9F3N2O5. The van der Waals surface area contributed by atoms with Crippen molar-refractivity contribution in [2.45, 2.75) is 19.7 Å². The minimum atomic E-state index is -5.13. The Labute approximate surface area is 110 Å². The Hall–Kier alpha value is -2.39. The summed E-state index contributed by atoms with van der Waals surface area (Å²) in [5.74, 6) is -2.05. The summed E-state index contributed by atoms with van der Waals surface area (Å²) in [6.07, 6.45) is -4.74. The number of pyridine rings is 1. The zero-order valence-corrected chi connectivity index (χ0v) is 10.4. The number of rotatable bonds is 4. The van der Waals surface area contributed by atoms with Crippen molar-refractivity contribution >= 4 is 11.7 Å². The highest BCUT2D eigenvalue weighted by Crippen LogP contribution is 2.34. The molecule has 0 bridgehead atoms. The second-order valence-electron chi connectivity index (χ2n) is 3.63. The van der Waals surface area contributed by atoms with Gasteiger partial charge in [-0.15, -0.1) is 13.2 Å². The summed E-state index contributed by atoms with van der Waals surface area (Å²) in [7, 11) is 1.05. The molecule has 0 saturated carbocycles. The number of hydrogen-bond donors (Lipinski definition) is 0. The second-order valence-corrected chi connectivity index (χ2v) is 3.63. The van der Waals surface area contributed by atoms with E-state index in [1.165, 1.54) is 6.92 Å². The molecule has 0 saturated heterocycles. The number of carbonyl (C=O) groups is 1. The number of aryl methyl sites for hydroxylation is 1. The quantitative estimate of drug-likeness (QED) is 0.478. The van der Waals surface area contributed by atoms with Crippen molar-refractivity contribution in [1.82, 2.24) is 4.98 Å². The Kier molecular flexibility index (Phi) is 4.48. The zero-order chi connectivity index (χ0) is 15.5. The largest absolute Gasteiger partial charge is 0.574 e. The maximum Gasteiger partial charge on any atom is 0.574 e. The summed E-state index contributed by atoms with van der Waals surface area (Å²) in [6.45, 7) is 1.37. The highest BCUT2D eigenvalue weighted by atomic mass is 19.4. The van der Waals surface area contributed by atoms with Gasteiger partial charge in [0.15, 0.2) is 0 Å². The lowest BCUT2D eigenvalue weighted by Gasteiger charge is -2.11. The van der Waals surface area contributed by atoms with Crippen LogP contribution in [0.2, 0.25) is 0 Å². The number of aromatic nitrogens is 1. The summed E-state index contributed by atoms with van der Waals surface area (Å²) in [5.41, 5.74) is -1.07. The molecule has 1 heterocycles. The molecule has 110 valence electrons. The number of methoxy groups -OCH3 is 1. The van der Waals surface area contributed by atoms with Crippen LogP contribution in [0.25, 0.3) is 0 Å². The highest BCUT2D eigenvalue weighted by Gasteiger charge is 2.37. The van der Waals surface area contributed by atoms with Gasteiger partial charge in [0.25, 0.3) is 0 Å². The van der Waals surface area contributed by atoms with Gasteiger partial charge in [0.1, 0.15) is 0 Å². The first-order valence-corrected chi connectivity index (χ1v) is 5.11. The van der Waals surface area contributed by atoms with E-state index in [-0.39, 0.29) is 11.1 Å². The SMILES string of the molecule is COC(=O)Cc1c(C)cnc(OC(F)(F)F)c1[N+](=O)[O-]. The van der Waals surface area contributed by atoms with Crippen molar-refractivity contribution < 1.29 is 32.4 Å². The number of ether oxygens (including phenoxy) is 2. The van der Waals surface area contributed by atoms with Gasteiger partial charge in [-0.1, -0.05) is 0 Å². The fourth-order valence-corrected chi connectivity index (χ4v) is 1.42. The number of carbonyl (C=O) groups excluding carboxylic acids is 1. The van der Waals surface area contributed by atoms with Crippen LogP contribution in [-0.2, 0) is 16.0 Å². The predicted octanol–water partition coefficient (Wildman–Crippen LogP) is 1.91. The Morgan fingerprint density at radius 3 is 2.55 bits per heavy atom. The first-order valence-electron chi connectivity index (χ1n) is 5.11. The fraction of sp³-hybridized carbons (Fsp3) is 0.400. The summed E-state index contributed by atoms with van der Waals surface area (Å²) in [4.78, 5) is 24.3. The third-order valence-corrected chi connectivity index (χ3v) is 2.28. The summed E-state index contributed by atoms with van der Waals surface area (Å²) in [5, 5.41) is 10.9. The first kappa shape index (κ1) is 15.7. The van der Waals surface area contributed by atoms with E-state index in [1.54, 1.807) is 0 Å². The second kappa shape index (κ2) is 5.72. The van der Waals surface area contributed by atoms with E-state index in [4.69, 9.17) is 0 Å². The van der Waals surface area contributed by atoms with Crippen LogP contribution in [0.15, 0.2) is 6.20 Å². The van der Waals surface area contributed by atoms with Crippen LogP contribution in [0.3, 0.4) is 0 Å². The van der Waals surface area contributed by atoms with Crippen LogP contribution in [0.5, 0.6) is 5.88 Å². The molecule has 10 heteroatoms. The van der Waals surface area contributed by atoms with E-state index in [0.29, 0.717) is 0 Å². The molecule has 7 nitrogen and oxygen atoms in total. The molecule has 1 aromatic heterocycles. The minimum absolute atomic E-state index is 0.177. The van der Waals surface area contributed by atoms with E-state index in [0.717, 1.165) is 13.3 Å². The van der Waals surface area contributed by atoms with E-state index < -0.39 is 35.2 Å². The van der Waals surface area contributed by atoms with Gasteiger partial charge in [0.05, 0.1) is 24.0 Å². The summed E-state index contributed by atoms with van der Waals surface area (Å²) in [6, 6.07) is 0. The van der Waals surface area contributed by atoms with E-state index in [9.17, 15) is 28.1 Å². The molecule has 0 N–H and O–H groups in total. The van der Waals surface area contributed by atoms with E-state index in [2.05, 4.69) is 14.5 Å². The molecule has 0 aliphatic heterocycles. The van der Waals surface area contributed by atoms with Crippen LogP contribution < -0.4 is 4.74 Å². The molecule has 0 aliphatic carbocycles. The van der Waals surface area contributed by atoms with Crippen LogP contribution >= 0.6 is 0 Å². The minimum Gasteiger partial charge on any atom is -0.469 e. The average Bonchev–Trinajstić information content (AvgIpc) is 2.30. The summed E-state index contributed by atoms with van der Waals surface area (Å²) >= 11 is 0. The van der Waals surface area contributed by atoms with Gasteiger partial charge < -0.3 is 9.47 Å². The van der Waals surface area contributed by atoms with Crippen molar-refractivity contribution in [3.63, 3.8) is 0 Å². The molecule has 0 atom stereocenters. The van der Waals surface area contributed by atoms with Gasteiger partial charge in [0.2, 0.25) is 0 Å². The van der Waals surface area contributed by atoms with Gasteiger partial charge in [-0.2, -0.15) is 0 Å². The maximum atomic E-state index is 12.2. The standard InChI is InChI=1S/C10H9F3N2O5/c1-5-4-14-9(20-10(11,12)13)8(15(17)18)6(5)3-7(16)19-2/h4H,3H2,1-2H3. The number of halogens is 3. The molecule has 1 rings (SSSR count). The van der Waals surface area contributed by atoms with E-state index in [1.807, 2.05) is 0 Å². The molecule has 0 radical (unpaired) electrons. The normalized spacial score (nSPS) is 11.1. The Bertz CT molecular complexity index is 544.